The van der Waals surface area contributed by atoms with Crippen molar-refractivity contribution in [1.82, 2.24) is 15.1 Å². The number of urea groups is 1. The van der Waals surface area contributed by atoms with Crippen LogP contribution in [0.3, 0.4) is 0 Å². The molecule has 5 saturated heterocycles. The molecule has 1 N–H and O–H groups in total. The Morgan fingerprint density at radius 1 is 0.737 bits per heavy atom. The van der Waals surface area contributed by atoms with Crippen molar-refractivity contribution >= 4 is 52.2 Å². The highest BCUT2D eigenvalue weighted by molar-refractivity contribution is 6.32. The number of nitrogens with one attached hydrogen (secondary N) is 1. The van der Waals surface area contributed by atoms with E-state index in [2.05, 4.69) is 67.1 Å². The summed E-state index contributed by atoms with van der Waals surface area (Å²) in [5.41, 5.74) is 6.25. The van der Waals surface area contributed by atoms with Gasteiger partial charge in [0.1, 0.15) is 6.07 Å². The lowest BCUT2D eigenvalue weighted by Crippen LogP contribution is -2.59. The van der Waals surface area contributed by atoms with E-state index in [1.54, 1.807) is 4.90 Å². The third-order valence-electron chi connectivity index (χ3n) is 14.3. The van der Waals surface area contributed by atoms with Crippen LogP contribution in [0.1, 0.15) is 74.2 Å². The van der Waals surface area contributed by atoms with Crippen LogP contribution in [0.2, 0.25) is 5.02 Å². The van der Waals surface area contributed by atoms with Gasteiger partial charge in [-0.1, -0.05) is 11.6 Å². The summed E-state index contributed by atoms with van der Waals surface area (Å²) in [6, 6.07) is 25.2. The maximum absolute atomic E-state index is 13.6. The fraction of sp³-hybridized carbons (Fsp3) is 0.511. The fourth-order valence-electron chi connectivity index (χ4n) is 10.8. The van der Waals surface area contributed by atoms with Crippen molar-refractivity contribution in [3.8, 4) is 6.07 Å². The summed E-state index contributed by atoms with van der Waals surface area (Å²) in [6.45, 7) is 11.5. The largest absolute Gasteiger partial charge is 0.371 e. The number of amides is 4. The second kappa shape index (κ2) is 15.2. The molecule has 3 aromatic carbocycles. The third kappa shape index (κ3) is 7.43. The molecule has 1 unspecified atom stereocenters. The van der Waals surface area contributed by atoms with E-state index in [0.29, 0.717) is 41.1 Å². The number of anilines is 4. The second-order valence-electron chi connectivity index (χ2n) is 17.6. The summed E-state index contributed by atoms with van der Waals surface area (Å²) in [7, 11) is 0. The zero-order valence-corrected chi connectivity index (χ0v) is 33.7. The highest BCUT2D eigenvalue weighted by atomic mass is 35.5. The fourth-order valence-corrected chi connectivity index (χ4v) is 11.0. The van der Waals surface area contributed by atoms with Crippen LogP contribution in [0.5, 0.6) is 0 Å². The second-order valence-corrected chi connectivity index (χ2v) is 18.0. The van der Waals surface area contributed by atoms with Gasteiger partial charge >= 0.3 is 6.03 Å². The summed E-state index contributed by atoms with van der Waals surface area (Å²) < 4.78 is 0. The maximum Gasteiger partial charge on any atom is 0.328 e. The average Bonchev–Trinajstić information content (AvgIpc) is 3.55. The van der Waals surface area contributed by atoms with Crippen molar-refractivity contribution in [3.05, 3.63) is 82.9 Å². The molecule has 57 heavy (non-hydrogen) atoms. The van der Waals surface area contributed by atoms with Gasteiger partial charge in [-0.15, -0.1) is 0 Å². The molecule has 5 heterocycles. The van der Waals surface area contributed by atoms with Crippen LogP contribution in [0.15, 0.2) is 66.7 Å². The third-order valence-corrected chi connectivity index (χ3v) is 14.6. The normalized spacial score (nSPS) is 23.8. The van der Waals surface area contributed by atoms with Crippen LogP contribution in [0.4, 0.5) is 27.5 Å². The molecule has 11 nitrogen and oxygen atoms in total. The van der Waals surface area contributed by atoms with Gasteiger partial charge in [0.25, 0.3) is 5.91 Å². The lowest BCUT2D eigenvalue weighted by atomic mass is 9.60. The number of imide groups is 1. The number of rotatable bonds is 6. The number of likely N-dealkylation sites (tertiary alicyclic amines) is 1. The Hall–Kier alpha value is -4.79. The molecular formula is C45H53ClN8O3. The van der Waals surface area contributed by atoms with E-state index in [9.17, 15) is 19.6 Å². The van der Waals surface area contributed by atoms with Crippen LogP contribution >= 0.6 is 11.6 Å². The Morgan fingerprint density at radius 2 is 1.33 bits per heavy atom. The molecule has 6 aliphatic rings. The minimum absolute atomic E-state index is 0.159. The highest BCUT2D eigenvalue weighted by Crippen LogP contribution is 2.51. The van der Waals surface area contributed by atoms with Gasteiger partial charge in [0.15, 0.2) is 0 Å². The summed E-state index contributed by atoms with van der Waals surface area (Å²) in [4.78, 5) is 51.1. The Balaban J connectivity index is 0.708. The Bertz CT molecular complexity index is 2040. The summed E-state index contributed by atoms with van der Waals surface area (Å²) in [6.07, 6.45) is 8.40. The Kier molecular flexibility index (Phi) is 10.1. The van der Waals surface area contributed by atoms with Gasteiger partial charge in [-0.05, 0) is 129 Å². The number of nitrogens with zero attached hydrogens (tertiary/aromatic N) is 7. The SMILES string of the molecule is CC1CC2(CCN(c3ccc(C(=O)N4CCC5(CC4)CC(N4CCN(c6ccc(N7CCC(=O)NC7=O)cc6)CC4)C5)cc3)CC2)CN1c1ccc(C#N)c(Cl)c1. The summed E-state index contributed by atoms with van der Waals surface area (Å²) in [5.74, 6) is -0.0586. The van der Waals surface area contributed by atoms with Crippen molar-refractivity contribution in [2.75, 3.05) is 85.0 Å². The Labute approximate surface area is 341 Å². The number of piperidine rings is 2. The lowest BCUT2D eigenvalue weighted by molar-refractivity contribution is -0.120. The molecule has 2 spiro atoms. The predicted molar refractivity (Wildman–Crippen MR) is 224 cm³/mol. The van der Waals surface area contributed by atoms with Gasteiger partial charge in [0.2, 0.25) is 5.91 Å². The molecule has 298 valence electrons. The molecule has 6 fully saturated rings. The molecule has 9 rings (SSSR count). The first-order valence-corrected chi connectivity index (χ1v) is 21.3. The van der Waals surface area contributed by atoms with E-state index >= 15 is 0 Å². The van der Waals surface area contributed by atoms with Crippen molar-refractivity contribution in [3.63, 3.8) is 0 Å². The standard InChI is InChI=1S/C45H53ClN8O3/c1-32-27-45(31-54(32)38-7-4-34(30-47)40(46)26-38)15-18-49(19-16-45)35-5-2-33(3-6-35)42(56)52-20-13-44(14-21-52)28-39(29-44)51-24-22-50(23-25-51)36-8-10-37(11-9-36)53-17-12-41(55)48-43(53)57/h2-11,26,32,39H,12-25,27-29,31H2,1H3,(H,48,55,57). The number of benzene rings is 3. The van der Waals surface area contributed by atoms with Crippen LogP contribution in [-0.4, -0.2) is 105 Å². The van der Waals surface area contributed by atoms with Gasteiger partial charge < -0.3 is 19.6 Å². The van der Waals surface area contributed by atoms with Crippen LogP contribution < -0.4 is 24.9 Å². The predicted octanol–water partition coefficient (Wildman–Crippen LogP) is 6.75. The average molecular weight is 789 g/mol. The van der Waals surface area contributed by atoms with E-state index in [-0.39, 0.29) is 23.3 Å². The van der Waals surface area contributed by atoms with Crippen LogP contribution in [0.25, 0.3) is 0 Å². The molecule has 12 heteroatoms. The number of halogens is 1. The minimum atomic E-state index is -0.350. The van der Waals surface area contributed by atoms with E-state index in [1.807, 2.05) is 42.5 Å². The molecule has 0 bridgehead atoms. The zero-order chi connectivity index (χ0) is 39.3. The number of nitriles is 1. The molecule has 0 aromatic heterocycles. The molecule has 1 aliphatic carbocycles. The number of carbonyl (C=O) groups is 3. The molecule has 5 aliphatic heterocycles. The van der Waals surface area contributed by atoms with Gasteiger partial charge in [0, 0.05) is 112 Å². The van der Waals surface area contributed by atoms with Gasteiger partial charge in [0.05, 0.1) is 10.6 Å². The number of hydrogen-bond acceptors (Lipinski definition) is 8. The minimum Gasteiger partial charge on any atom is -0.371 e. The van der Waals surface area contributed by atoms with Gasteiger partial charge in [-0.25, -0.2) is 4.79 Å². The van der Waals surface area contributed by atoms with Crippen molar-refractivity contribution in [2.45, 2.75) is 70.4 Å². The first kappa shape index (κ1) is 37.8. The molecule has 4 amide bonds. The van der Waals surface area contributed by atoms with Crippen molar-refractivity contribution in [1.29, 1.82) is 5.26 Å². The molecule has 1 saturated carbocycles. The molecular weight excluding hydrogens is 736 g/mol. The summed E-state index contributed by atoms with van der Waals surface area (Å²) >= 11 is 6.39. The van der Waals surface area contributed by atoms with E-state index < -0.39 is 0 Å². The monoisotopic (exact) mass is 788 g/mol. The smallest absolute Gasteiger partial charge is 0.328 e. The maximum atomic E-state index is 13.6. The molecule has 1 atom stereocenters. The van der Waals surface area contributed by atoms with Crippen LogP contribution in [0, 0.1) is 22.2 Å². The Morgan fingerprint density at radius 3 is 1.96 bits per heavy atom. The first-order chi connectivity index (χ1) is 27.6. The van der Waals surface area contributed by atoms with Gasteiger partial charge in [-0.2, -0.15) is 5.26 Å². The topological polar surface area (TPSA) is 106 Å². The number of piperazine rings is 1. The van der Waals surface area contributed by atoms with Crippen molar-refractivity contribution < 1.29 is 14.4 Å². The number of carbonyl (C=O) groups excluding carboxylic acids is 3. The highest BCUT2D eigenvalue weighted by Gasteiger charge is 2.49. The zero-order valence-electron chi connectivity index (χ0n) is 33.0. The molecule has 3 aromatic rings. The van der Waals surface area contributed by atoms with E-state index in [1.165, 1.54) is 24.2 Å². The molecule has 0 radical (unpaired) electrons. The van der Waals surface area contributed by atoms with E-state index in [0.717, 1.165) is 108 Å². The number of hydrogen-bond donors (Lipinski definition) is 1. The van der Waals surface area contributed by atoms with E-state index in [4.69, 9.17) is 11.6 Å². The quantitative estimate of drug-likeness (QED) is 0.293. The lowest BCUT2D eigenvalue weighted by Gasteiger charge is -2.56. The van der Waals surface area contributed by atoms with Gasteiger partial charge in [-0.3, -0.25) is 24.7 Å². The first-order valence-electron chi connectivity index (χ1n) is 20.9. The summed E-state index contributed by atoms with van der Waals surface area (Å²) in [5, 5.41) is 12.2. The van der Waals surface area contributed by atoms with Crippen LogP contribution in [-0.2, 0) is 4.79 Å². The van der Waals surface area contributed by atoms with Crippen molar-refractivity contribution in [2.24, 2.45) is 10.8 Å².